The number of allylic oxidation sites excluding steroid dienone is 4. The van der Waals surface area contributed by atoms with Crippen molar-refractivity contribution in [2.24, 2.45) is 22.7 Å². The topological polar surface area (TPSA) is 440 Å². The molecule has 6 aliphatic rings. The van der Waals surface area contributed by atoms with Gasteiger partial charge in [0.15, 0.2) is 46.6 Å². The molecule has 2 unspecified atom stereocenters. The smallest absolute Gasteiger partial charge is 0.306 e. The summed E-state index contributed by atoms with van der Waals surface area (Å²) in [4.78, 5) is 67.3. The number of hydrogen-bond donors (Lipinski definition) is 3. The molecular formula is C99H119F2N23O10. The molecule has 704 valence electrons. The summed E-state index contributed by atoms with van der Waals surface area (Å²) in [6, 6.07) is 32.7. The number of para-hydroxylation sites is 1. The summed E-state index contributed by atoms with van der Waals surface area (Å²) in [5, 5.41) is 43.2. The summed E-state index contributed by atoms with van der Waals surface area (Å²) in [6.07, 6.45) is 36.6. The van der Waals surface area contributed by atoms with Crippen molar-refractivity contribution >= 4 is 34.3 Å². The van der Waals surface area contributed by atoms with Gasteiger partial charge in [0, 0.05) is 102 Å². The number of aliphatic imine (C=N–C) groups is 1. The highest BCUT2D eigenvalue weighted by molar-refractivity contribution is 5.84. The first-order chi connectivity index (χ1) is 64.6. The van der Waals surface area contributed by atoms with Crippen LogP contribution in [0.4, 0.5) is 14.5 Å². The Bertz CT molecular complexity index is 6110. The van der Waals surface area contributed by atoms with E-state index in [2.05, 4.69) is 193 Å². The monoisotopic (exact) mass is 1830 g/mol. The number of halogens is 2. The van der Waals surface area contributed by atoms with Crippen molar-refractivity contribution < 1.29 is 54.9 Å². The van der Waals surface area contributed by atoms with Crippen LogP contribution in [0.5, 0.6) is 0 Å². The summed E-state index contributed by atoms with van der Waals surface area (Å²) in [5.74, 6) is 9.40. The van der Waals surface area contributed by atoms with Crippen molar-refractivity contribution in [2.45, 2.75) is 254 Å². The number of carboxylic acid groups (broad SMARTS) is 1. The molecule has 1 aliphatic heterocycles. The summed E-state index contributed by atoms with van der Waals surface area (Å²) >= 11 is 0. The van der Waals surface area contributed by atoms with Gasteiger partial charge in [0.1, 0.15) is 17.7 Å². The molecule has 0 saturated heterocycles. The molecule has 3 atom stereocenters. The molecule has 4 fully saturated rings. The van der Waals surface area contributed by atoms with Gasteiger partial charge < -0.3 is 51.6 Å². The van der Waals surface area contributed by atoms with Crippen LogP contribution >= 0.6 is 0 Å². The number of pyridine rings is 2. The zero-order chi connectivity index (χ0) is 95.1. The minimum atomic E-state index is -2.49. The first-order valence-electron chi connectivity index (χ1n) is 45.5. The Kier molecular flexibility index (Phi) is 35.9. The van der Waals surface area contributed by atoms with E-state index in [0.29, 0.717) is 101 Å². The van der Waals surface area contributed by atoms with E-state index >= 15 is 0 Å². The fourth-order valence-electron chi connectivity index (χ4n) is 15.7. The van der Waals surface area contributed by atoms with Gasteiger partial charge in [-0.15, -0.1) is 0 Å². The molecule has 0 amide bonds. The average molecular weight is 1830 g/mol. The molecule has 0 radical (unpaired) electrons. The number of H-pyrrole nitrogens is 1. The van der Waals surface area contributed by atoms with Crippen molar-refractivity contribution in [1.82, 2.24) is 111 Å². The van der Waals surface area contributed by atoms with Crippen LogP contribution < -0.4 is 5.32 Å². The maximum absolute atomic E-state index is 12.8. The first kappa shape index (κ1) is 99.2. The molecule has 12 aromatic heterocycles. The summed E-state index contributed by atoms with van der Waals surface area (Å²) < 4.78 is 66.2. The summed E-state index contributed by atoms with van der Waals surface area (Å²) in [5.41, 5.74) is 12.7. The molecule has 3 N–H and O–H groups in total. The van der Waals surface area contributed by atoms with Gasteiger partial charge >= 0.3 is 5.97 Å². The molecule has 35 heteroatoms. The summed E-state index contributed by atoms with van der Waals surface area (Å²) in [6.45, 7) is 27.2. The third kappa shape index (κ3) is 30.1. The minimum Gasteiger partial charge on any atom is -0.481 e. The van der Waals surface area contributed by atoms with Gasteiger partial charge in [0.2, 0.25) is 29.5 Å². The van der Waals surface area contributed by atoms with Gasteiger partial charge in [-0.25, -0.2) is 18.7 Å². The third-order valence-electron chi connectivity index (χ3n) is 23.5. The van der Waals surface area contributed by atoms with E-state index in [-0.39, 0.29) is 30.1 Å². The van der Waals surface area contributed by atoms with Crippen LogP contribution in [0.3, 0.4) is 0 Å². The minimum absolute atomic E-state index is 0.0239. The van der Waals surface area contributed by atoms with Crippen molar-refractivity contribution in [1.29, 1.82) is 0 Å². The second-order valence-corrected chi connectivity index (χ2v) is 34.8. The van der Waals surface area contributed by atoms with Crippen LogP contribution in [0.25, 0.3) is 62.6 Å². The van der Waals surface area contributed by atoms with Gasteiger partial charge in [-0.1, -0.05) is 160 Å². The molecular weight excluding hydrogens is 1710 g/mol. The van der Waals surface area contributed by atoms with Crippen molar-refractivity contribution in [3.63, 3.8) is 0 Å². The first-order valence-corrected chi connectivity index (χ1v) is 45.5. The molecule has 0 spiro atoms. The Morgan fingerprint density at radius 3 is 1.59 bits per heavy atom. The second kappa shape index (κ2) is 48.5. The Labute approximate surface area is 777 Å². The SMILES string of the molecule is CNC1CCC(c2nc(C)no2)CC1.C[C@@H](Cc1c[nH]c2ccccc12)C(=O)O.Cc1ccc(C2=CCC=C2)cc1.Cc1ccnc(-c2nc(C)no2)c1.Cc1noc(-c2ccc3c(c2)N=CC3)n1.Cc1noc(-c2ccccn2)n1.Cc1noc(-c2cncnc2)n1.Cc1noc(C2(C)CCC(C)CC2)n1.Cc1noc(C2CCC(F)(F)CC2)n1.Cc1noc(C2CCCC(C)C2)n1. The van der Waals surface area contributed by atoms with Crippen molar-refractivity contribution in [3.8, 4) is 46.1 Å². The number of rotatable bonds is 13. The molecule has 33 nitrogen and oxygen atoms in total. The number of benzene rings is 3. The Hall–Kier alpha value is -13.9. The lowest BCUT2D eigenvalue weighted by Crippen LogP contribution is -2.29. The van der Waals surface area contributed by atoms with Crippen molar-refractivity contribution in [3.05, 3.63) is 251 Å². The standard InChI is InChI=1S/C12H13NO2.C12H12.C11H9N3O.C11H18N2O.C10H17N3O.C10H16N2O.C9H12F2N2O.C9H9N3O.C8H7N3O.C7H6N4O/c1-8(12(14)15)6-9-7-13-11-5-3-2-4-10(9)11;1-10-6-8-12(9-7-10)11-4-2-3-5-11;1-7-13-11(15-14-7)9-3-2-8-4-5-12-10(8)6-9;1-8-4-6-11(3,7-5-8)10-12-9(2)13-14-10;1-7-12-10(14-13-7)8-3-5-9(11-2)6-4-8;1-7-4-3-5-9(6-7)10-11-8(2)12-13-10;1-6-12-8(14-13-6)7-2-4-9(10,11)5-3-7;1-6-3-4-10-8(5-6)9-11-7(2)12-13-9;1-6-10-8(12-11-6)7-4-2-3-5-9-7;1-5-10-7(12-11-5)6-2-8-4-9-3-6/h2-5,7-8,13H,6H2,1H3,(H,14,15);2,4-9H,3H2,1H3;2-3,5-6H,4H2,1H3;8H,4-7H2,1-3H3;8-9,11H,3-6H2,1-2H3;7,9H,3-6H2,1-2H3;7H,2-5H2,1H3;3-5H,1-2H3;2-5H,1H3;2-4H,1H3/t8-;;;;;;;;;/m0........./s1. The fraction of sp³-hybridized carbons (Fsp3) is 0.434. The normalized spacial score (nSPS) is 18.6. The lowest BCUT2D eigenvalue weighted by molar-refractivity contribution is -0.141. The van der Waals surface area contributed by atoms with E-state index in [4.69, 9.17) is 41.3 Å². The van der Waals surface area contributed by atoms with E-state index in [0.717, 1.165) is 117 Å². The number of nitrogens with zero attached hydrogens (tertiary/aromatic N) is 21. The molecule has 3 aromatic carbocycles. The van der Waals surface area contributed by atoms with E-state index in [9.17, 15) is 13.6 Å². The number of carboxylic acids is 1. The van der Waals surface area contributed by atoms with E-state index in [1.54, 1.807) is 66.3 Å². The highest BCUT2D eigenvalue weighted by Crippen LogP contribution is 2.43. The highest BCUT2D eigenvalue weighted by atomic mass is 19.3. The molecule has 13 heterocycles. The number of carbonyl (C=O) groups is 1. The molecule has 4 saturated carbocycles. The van der Waals surface area contributed by atoms with E-state index in [1.807, 2.05) is 114 Å². The molecule has 0 bridgehead atoms. The predicted molar refractivity (Wildman–Crippen MR) is 499 cm³/mol. The van der Waals surface area contributed by atoms with Crippen LogP contribution in [0, 0.1) is 87.0 Å². The lowest BCUT2D eigenvalue weighted by Gasteiger charge is -2.32. The predicted octanol–water partition coefficient (Wildman–Crippen LogP) is 21.9. The molecule has 15 aromatic rings. The van der Waals surface area contributed by atoms with Crippen molar-refractivity contribution in [2.75, 3.05) is 7.05 Å². The zero-order valence-corrected chi connectivity index (χ0v) is 78.8. The number of aromatic nitrogens is 21. The van der Waals surface area contributed by atoms with Gasteiger partial charge in [0.05, 0.1) is 17.2 Å². The number of aromatic amines is 1. The number of alkyl halides is 2. The number of hydrogen-bond acceptors (Lipinski definition) is 31. The average Bonchev–Trinajstić information content (AvgIpc) is 1.59. The highest BCUT2D eigenvalue weighted by Gasteiger charge is 2.38. The van der Waals surface area contributed by atoms with Gasteiger partial charge in [0.25, 0.3) is 23.6 Å². The third-order valence-corrected chi connectivity index (χ3v) is 23.5. The van der Waals surface area contributed by atoms with Crippen LogP contribution in [-0.4, -0.2) is 142 Å². The second-order valence-electron chi connectivity index (χ2n) is 34.8. The lowest BCUT2D eigenvalue weighted by atomic mass is 9.72. The Morgan fingerprint density at radius 1 is 0.522 bits per heavy atom. The maximum Gasteiger partial charge on any atom is 0.306 e. The van der Waals surface area contributed by atoms with E-state index < -0.39 is 11.9 Å². The van der Waals surface area contributed by atoms with Gasteiger partial charge in [-0.3, -0.25) is 19.8 Å². The zero-order valence-electron chi connectivity index (χ0n) is 78.8. The van der Waals surface area contributed by atoms with Gasteiger partial charge in [-0.05, 0) is 248 Å². The Morgan fingerprint density at radius 2 is 1.06 bits per heavy atom. The van der Waals surface area contributed by atoms with Crippen LogP contribution in [-0.2, 0) is 23.1 Å². The molecule has 21 rings (SSSR count). The van der Waals surface area contributed by atoms with Gasteiger partial charge in [-0.2, -0.15) is 39.9 Å². The van der Waals surface area contributed by atoms with Crippen LogP contribution in [0.1, 0.15) is 253 Å². The molecule has 5 aliphatic carbocycles. The summed E-state index contributed by atoms with van der Waals surface area (Å²) in [7, 11) is 2.03. The Balaban J connectivity index is 0.000000134. The number of fused-ring (bicyclic) bond motifs is 2. The quantitative estimate of drug-likeness (QED) is 0.0965. The number of aryl methyl sites for hydroxylation is 10. The maximum atomic E-state index is 12.8. The molecule has 134 heavy (non-hydrogen) atoms. The fourth-order valence-corrected chi connectivity index (χ4v) is 15.7. The van der Waals surface area contributed by atoms with Crippen LogP contribution in [0.15, 0.2) is 194 Å². The van der Waals surface area contributed by atoms with E-state index in [1.165, 1.54) is 92.8 Å². The number of nitrogens with one attached hydrogen (secondary N) is 2. The number of aliphatic carboxylic acids is 1. The van der Waals surface area contributed by atoms with Crippen LogP contribution in [0.2, 0.25) is 0 Å². The largest absolute Gasteiger partial charge is 0.481 e.